The van der Waals surface area contributed by atoms with Crippen LogP contribution in [0.1, 0.15) is 19.8 Å². The SMILES string of the molecule is CN=C(NCCNc1ccccn1)N1CCC(C2(C)NC(=O)NC2=O)CC1.I. The Bertz CT molecular complexity index is 707. The van der Waals surface area contributed by atoms with Crippen LogP contribution in [0.4, 0.5) is 10.6 Å². The minimum absolute atomic E-state index is 0. The Hall–Kier alpha value is -2.11. The summed E-state index contributed by atoms with van der Waals surface area (Å²) in [7, 11) is 1.77. The minimum atomic E-state index is -0.813. The maximum Gasteiger partial charge on any atom is 0.322 e. The summed E-state index contributed by atoms with van der Waals surface area (Å²) < 4.78 is 0. The largest absolute Gasteiger partial charge is 0.368 e. The lowest BCUT2D eigenvalue weighted by molar-refractivity contribution is -0.125. The van der Waals surface area contributed by atoms with Crippen LogP contribution in [0.3, 0.4) is 0 Å². The Morgan fingerprint density at radius 3 is 2.64 bits per heavy atom. The molecule has 0 aromatic carbocycles. The summed E-state index contributed by atoms with van der Waals surface area (Å²) in [6.45, 7) is 4.84. The molecule has 3 rings (SSSR count). The zero-order chi connectivity index (χ0) is 19.3. The molecule has 0 spiro atoms. The Morgan fingerprint density at radius 1 is 1.32 bits per heavy atom. The molecular weight excluding hydrogens is 473 g/mol. The fourth-order valence-corrected chi connectivity index (χ4v) is 3.68. The van der Waals surface area contributed by atoms with Gasteiger partial charge in [0.1, 0.15) is 11.4 Å². The number of carbonyl (C=O) groups excluding carboxylic acids is 2. The zero-order valence-corrected chi connectivity index (χ0v) is 18.5. The van der Waals surface area contributed by atoms with Gasteiger partial charge in [-0.25, -0.2) is 9.78 Å². The van der Waals surface area contributed by atoms with Crippen molar-refractivity contribution in [3.63, 3.8) is 0 Å². The first-order valence-corrected chi connectivity index (χ1v) is 9.27. The smallest absolute Gasteiger partial charge is 0.322 e. The topological polar surface area (TPSA) is 111 Å². The molecule has 0 aliphatic carbocycles. The van der Waals surface area contributed by atoms with Gasteiger partial charge in [0.15, 0.2) is 5.96 Å². The molecule has 0 saturated carbocycles. The fraction of sp³-hybridized carbons (Fsp3) is 0.556. The highest BCUT2D eigenvalue weighted by Gasteiger charge is 2.48. The number of hydrogen-bond acceptors (Lipinski definition) is 5. The van der Waals surface area contributed by atoms with Crippen molar-refractivity contribution in [2.45, 2.75) is 25.3 Å². The Labute approximate surface area is 182 Å². The van der Waals surface area contributed by atoms with Crippen LogP contribution in [0.5, 0.6) is 0 Å². The molecule has 10 heteroatoms. The fourth-order valence-electron chi connectivity index (χ4n) is 3.68. The second kappa shape index (κ2) is 9.89. The van der Waals surface area contributed by atoms with Crippen LogP contribution in [0.15, 0.2) is 29.4 Å². The lowest BCUT2D eigenvalue weighted by atomic mass is 9.79. The number of hydrogen-bond donors (Lipinski definition) is 4. The summed E-state index contributed by atoms with van der Waals surface area (Å²) in [4.78, 5) is 34.4. The first-order chi connectivity index (χ1) is 13.0. The summed E-state index contributed by atoms with van der Waals surface area (Å²) >= 11 is 0. The summed E-state index contributed by atoms with van der Waals surface area (Å²) in [5, 5.41) is 11.7. The first kappa shape index (κ1) is 22.2. The predicted octanol–water partition coefficient (Wildman–Crippen LogP) is 0.997. The van der Waals surface area contributed by atoms with Crippen molar-refractivity contribution >= 4 is 47.7 Å². The molecule has 1 atom stereocenters. The van der Waals surface area contributed by atoms with Crippen molar-refractivity contribution in [1.29, 1.82) is 0 Å². The second-order valence-electron chi connectivity index (χ2n) is 6.99. The maximum absolute atomic E-state index is 12.1. The third-order valence-corrected chi connectivity index (χ3v) is 5.27. The molecule has 154 valence electrons. The zero-order valence-electron chi connectivity index (χ0n) is 16.2. The number of urea groups is 1. The molecule has 1 aromatic rings. The van der Waals surface area contributed by atoms with E-state index in [-0.39, 0.29) is 35.8 Å². The van der Waals surface area contributed by atoms with Gasteiger partial charge in [0.25, 0.3) is 5.91 Å². The molecule has 2 aliphatic rings. The highest BCUT2D eigenvalue weighted by molar-refractivity contribution is 14.0. The molecule has 28 heavy (non-hydrogen) atoms. The molecule has 2 aliphatic heterocycles. The van der Waals surface area contributed by atoms with Gasteiger partial charge in [-0.15, -0.1) is 24.0 Å². The van der Waals surface area contributed by atoms with Gasteiger partial charge < -0.3 is 20.9 Å². The number of likely N-dealkylation sites (tertiary alicyclic amines) is 1. The van der Waals surface area contributed by atoms with E-state index < -0.39 is 11.6 Å². The van der Waals surface area contributed by atoms with Gasteiger partial charge in [-0.05, 0) is 37.8 Å². The van der Waals surface area contributed by atoms with E-state index in [4.69, 9.17) is 0 Å². The number of rotatable bonds is 5. The van der Waals surface area contributed by atoms with Crippen LogP contribution >= 0.6 is 24.0 Å². The molecule has 3 heterocycles. The molecule has 1 unspecified atom stereocenters. The van der Waals surface area contributed by atoms with E-state index in [9.17, 15) is 9.59 Å². The Morgan fingerprint density at radius 2 is 2.07 bits per heavy atom. The van der Waals surface area contributed by atoms with Gasteiger partial charge >= 0.3 is 6.03 Å². The molecule has 2 saturated heterocycles. The van der Waals surface area contributed by atoms with Crippen LogP contribution in [-0.4, -0.2) is 66.5 Å². The van der Waals surface area contributed by atoms with Crippen LogP contribution < -0.4 is 21.3 Å². The van der Waals surface area contributed by atoms with Gasteiger partial charge in [-0.2, -0.15) is 0 Å². The van der Waals surface area contributed by atoms with Gasteiger partial charge in [-0.3, -0.25) is 15.1 Å². The van der Waals surface area contributed by atoms with E-state index in [0.717, 1.165) is 50.8 Å². The number of halogens is 1. The second-order valence-corrected chi connectivity index (χ2v) is 6.99. The van der Waals surface area contributed by atoms with Gasteiger partial charge in [0.05, 0.1) is 0 Å². The van der Waals surface area contributed by atoms with Crippen LogP contribution in [0, 0.1) is 5.92 Å². The maximum atomic E-state index is 12.1. The number of aliphatic imine (C=N–C) groups is 1. The third kappa shape index (κ3) is 5.03. The molecular formula is C18H28IN7O2. The number of pyridine rings is 1. The molecule has 0 radical (unpaired) electrons. The number of guanidine groups is 1. The number of nitrogens with one attached hydrogen (secondary N) is 4. The lowest BCUT2D eigenvalue weighted by Gasteiger charge is -2.39. The van der Waals surface area contributed by atoms with Crippen molar-refractivity contribution < 1.29 is 9.59 Å². The number of nitrogens with zero attached hydrogens (tertiary/aromatic N) is 3. The summed E-state index contributed by atoms with van der Waals surface area (Å²) in [6, 6.07) is 5.36. The summed E-state index contributed by atoms with van der Waals surface area (Å²) in [6.07, 6.45) is 3.39. The van der Waals surface area contributed by atoms with Crippen molar-refractivity contribution in [3.05, 3.63) is 24.4 Å². The molecule has 9 nitrogen and oxygen atoms in total. The van der Waals surface area contributed by atoms with E-state index in [1.54, 1.807) is 13.2 Å². The average molecular weight is 501 g/mol. The van der Waals surface area contributed by atoms with E-state index in [1.807, 2.05) is 25.1 Å². The normalized spacial score (nSPS) is 22.9. The van der Waals surface area contributed by atoms with Gasteiger partial charge in [0, 0.05) is 39.4 Å². The average Bonchev–Trinajstić information content (AvgIpc) is 2.95. The van der Waals surface area contributed by atoms with E-state index >= 15 is 0 Å². The van der Waals surface area contributed by atoms with Crippen molar-refractivity contribution in [2.75, 3.05) is 38.5 Å². The monoisotopic (exact) mass is 501 g/mol. The van der Waals surface area contributed by atoms with Crippen molar-refractivity contribution in [1.82, 2.24) is 25.8 Å². The predicted molar refractivity (Wildman–Crippen MR) is 119 cm³/mol. The number of imide groups is 1. The Kier molecular flexibility index (Phi) is 7.84. The third-order valence-electron chi connectivity index (χ3n) is 5.27. The number of carbonyl (C=O) groups is 2. The highest BCUT2D eigenvalue weighted by Crippen LogP contribution is 2.30. The number of piperidine rings is 1. The number of anilines is 1. The van der Waals surface area contributed by atoms with Crippen LogP contribution in [-0.2, 0) is 4.79 Å². The molecule has 1 aromatic heterocycles. The Balaban J connectivity index is 0.00000280. The van der Waals surface area contributed by atoms with Crippen molar-refractivity contribution in [3.8, 4) is 0 Å². The molecule has 2 fully saturated rings. The number of amides is 3. The summed E-state index contributed by atoms with van der Waals surface area (Å²) in [5.74, 6) is 1.58. The van der Waals surface area contributed by atoms with E-state index in [1.165, 1.54) is 0 Å². The van der Waals surface area contributed by atoms with Crippen LogP contribution in [0.2, 0.25) is 0 Å². The summed E-state index contributed by atoms with van der Waals surface area (Å²) in [5.41, 5.74) is -0.813. The highest BCUT2D eigenvalue weighted by atomic mass is 127. The van der Waals surface area contributed by atoms with Crippen molar-refractivity contribution in [2.24, 2.45) is 10.9 Å². The molecule has 0 bridgehead atoms. The minimum Gasteiger partial charge on any atom is -0.368 e. The first-order valence-electron chi connectivity index (χ1n) is 9.27. The van der Waals surface area contributed by atoms with E-state index in [0.29, 0.717) is 0 Å². The van der Waals surface area contributed by atoms with Crippen LogP contribution in [0.25, 0.3) is 0 Å². The van der Waals surface area contributed by atoms with E-state index in [2.05, 4.69) is 36.1 Å². The molecule has 3 amide bonds. The van der Waals surface area contributed by atoms with Gasteiger partial charge in [-0.1, -0.05) is 6.07 Å². The van der Waals surface area contributed by atoms with Gasteiger partial charge in [0.2, 0.25) is 0 Å². The molecule has 4 N–H and O–H groups in total. The lowest BCUT2D eigenvalue weighted by Crippen LogP contribution is -2.55. The number of aromatic nitrogens is 1. The standard InChI is InChI=1S/C18H27N7O2.HI/c1-18(15(26)23-17(27)24-18)13-6-11-25(12-7-13)16(19-2)22-10-9-21-14-5-3-4-8-20-14;/h3-5,8,13H,6-7,9-12H2,1-2H3,(H,19,22)(H,20,21)(H2,23,24,26,27);1H. The quantitative estimate of drug-likeness (QED) is 0.158.